The highest BCUT2D eigenvalue weighted by Crippen LogP contribution is 2.38. The summed E-state index contributed by atoms with van der Waals surface area (Å²) in [7, 11) is -0.0518. The van der Waals surface area contributed by atoms with E-state index in [0.717, 1.165) is 11.3 Å². The Hall–Kier alpha value is -1.46. The van der Waals surface area contributed by atoms with E-state index in [1.165, 1.54) is 0 Å². The molecule has 0 radical (unpaired) electrons. The first kappa shape index (κ1) is 18.9. The molecule has 4 nitrogen and oxygen atoms in total. The van der Waals surface area contributed by atoms with Crippen molar-refractivity contribution in [2.24, 2.45) is 11.8 Å². The van der Waals surface area contributed by atoms with Crippen LogP contribution in [0.2, 0.25) is 19.6 Å². The van der Waals surface area contributed by atoms with Crippen molar-refractivity contribution in [2.45, 2.75) is 45.3 Å². The van der Waals surface area contributed by atoms with Crippen molar-refractivity contribution in [3.8, 4) is 5.75 Å². The smallest absolute Gasteiger partial charge is 0.242 e. The molecule has 1 aliphatic rings. The molecule has 0 bridgehead atoms. The van der Waals surface area contributed by atoms with Crippen LogP contribution in [-0.2, 0) is 14.3 Å². The first-order chi connectivity index (χ1) is 11.2. The summed E-state index contributed by atoms with van der Waals surface area (Å²) in [6, 6.07) is 7.98. The van der Waals surface area contributed by atoms with Crippen LogP contribution in [0, 0.1) is 11.8 Å². The van der Waals surface area contributed by atoms with Gasteiger partial charge in [0.15, 0.2) is 0 Å². The summed E-state index contributed by atoms with van der Waals surface area (Å²) in [5, 5.41) is 0. The summed E-state index contributed by atoms with van der Waals surface area (Å²) in [6.07, 6.45) is 0.434. The number of ketones is 2. The SMILES string of the molecule is COC[C@@H]1C(C)C(=O)CC(=O)C[C@@H]1c1cccc(O[Si](C)(C)C)c1. The topological polar surface area (TPSA) is 52.6 Å². The standard InChI is InChI=1S/C19H28O4Si/c1-13-18(12-22-2)17(10-15(20)11-19(13)21)14-7-6-8-16(9-14)23-24(3,4)5/h6-9,13,17-18H,10-12H2,1-5H3/t13?,17-,18-/m1/s1. The molecule has 1 aromatic rings. The molecule has 2 rings (SSSR count). The van der Waals surface area contributed by atoms with E-state index in [4.69, 9.17) is 9.16 Å². The van der Waals surface area contributed by atoms with Crippen molar-refractivity contribution in [3.63, 3.8) is 0 Å². The molecule has 0 amide bonds. The van der Waals surface area contributed by atoms with Gasteiger partial charge in [-0.15, -0.1) is 0 Å². The molecule has 0 N–H and O–H groups in total. The number of hydrogen-bond acceptors (Lipinski definition) is 4. The van der Waals surface area contributed by atoms with Crippen LogP contribution < -0.4 is 4.43 Å². The van der Waals surface area contributed by atoms with E-state index < -0.39 is 8.32 Å². The summed E-state index contributed by atoms with van der Waals surface area (Å²) in [6.45, 7) is 8.82. The summed E-state index contributed by atoms with van der Waals surface area (Å²) >= 11 is 0. The highest BCUT2D eigenvalue weighted by Gasteiger charge is 2.37. The number of benzene rings is 1. The van der Waals surface area contributed by atoms with Crippen LogP contribution >= 0.6 is 0 Å². The number of carbonyl (C=O) groups is 2. The zero-order valence-corrected chi connectivity index (χ0v) is 16.3. The van der Waals surface area contributed by atoms with E-state index in [-0.39, 0.29) is 35.7 Å². The van der Waals surface area contributed by atoms with Gasteiger partial charge in [-0.1, -0.05) is 19.1 Å². The zero-order chi connectivity index (χ0) is 17.9. The molecule has 0 spiro atoms. The molecule has 0 aliphatic heterocycles. The average Bonchev–Trinajstić information content (AvgIpc) is 2.57. The fourth-order valence-electron chi connectivity index (χ4n) is 3.39. The quantitative estimate of drug-likeness (QED) is 0.461. The molecule has 5 heteroatoms. The van der Waals surface area contributed by atoms with Gasteiger partial charge in [-0.25, -0.2) is 0 Å². The number of Topliss-reactive ketones (excluding diaryl/α,β-unsaturated/α-hetero) is 2. The van der Waals surface area contributed by atoms with E-state index in [1.54, 1.807) is 7.11 Å². The monoisotopic (exact) mass is 348 g/mol. The van der Waals surface area contributed by atoms with Crippen LogP contribution in [0.1, 0.15) is 31.2 Å². The predicted octanol–water partition coefficient (Wildman–Crippen LogP) is 3.81. The molecule has 1 aromatic carbocycles. The average molecular weight is 349 g/mol. The van der Waals surface area contributed by atoms with Gasteiger partial charge in [0.05, 0.1) is 13.0 Å². The Morgan fingerprint density at radius 1 is 1.21 bits per heavy atom. The fraction of sp³-hybridized carbons (Fsp3) is 0.579. The third-order valence-corrected chi connectivity index (χ3v) is 5.40. The summed E-state index contributed by atoms with van der Waals surface area (Å²) in [5.41, 5.74) is 1.06. The van der Waals surface area contributed by atoms with E-state index in [9.17, 15) is 9.59 Å². The van der Waals surface area contributed by atoms with Crippen molar-refractivity contribution < 1.29 is 18.8 Å². The van der Waals surface area contributed by atoms with Crippen LogP contribution in [-0.4, -0.2) is 33.6 Å². The minimum absolute atomic E-state index is 0.0101. The van der Waals surface area contributed by atoms with Gasteiger partial charge in [0.2, 0.25) is 8.32 Å². The Labute approximate surface area is 145 Å². The fourth-order valence-corrected chi connectivity index (χ4v) is 4.23. The van der Waals surface area contributed by atoms with E-state index in [2.05, 4.69) is 19.6 Å². The molecule has 132 valence electrons. The lowest BCUT2D eigenvalue weighted by Crippen LogP contribution is -2.30. The number of ether oxygens (including phenoxy) is 1. The minimum Gasteiger partial charge on any atom is -0.544 e. The maximum Gasteiger partial charge on any atom is 0.242 e. The van der Waals surface area contributed by atoms with Crippen LogP contribution in [0.25, 0.3) is 0 Å². The lowest BCUT2D eigenvalue weighted by Gasteiger charge is -2.29. The van der Waals surface area contributed by atoms with Crippen LogP contribution in [0.4, 0.5) is 0 Å². The van der Waals surface area contributed by atoms with Crippen molar-refractivity contribution in [1.82, 2.24) is 0 Å². The molecule has 0 aromatic heterocycles. The zero-order valence-electron chi connectivity index (χ0n) is 15.3. The molecule has 1 unspecified atom stereocenters. The number of rotatable bonds is 5. The van der Waals surface area contributed by atoms with Crippen molar-refractivity contribution in [1.29, 1.82) is 0 Å². The van der Waals surface area contributed by atoms with Gasteiger partial charge in [0.25, 0.3) is 0 Å². The first-order valence-electron chi connectivity index (χ1n) is 8.53. The lowest BCUT2D eigenvalue weighted by atomic mass is 9.77. The van der Waals surface area contributed by atoms with Crippen LogP contribution in [0.5, 0.6) is 5.75 Å². The minimum atomic E-state index is -1.70. The molecule has 1 fully saturated rings. The number of carbonyl (C=O) groups excluding carboxylic acids is 2. The molecule has 0 saturated heterocycles. The van der Waals surface area contributed by atoms with Gasteiger partial charge in [0, 0.05) is 19.4 Å². The maximum atomic E-state index is 12.2. The predicted molar refractivity (Wildman–Crippen MR) is 96.9 cm³/mol. The van der Waals surface area contributed by atoms with Crippen molar-refractivity contribution in [3.05, 3.63) is 29.8 Å². The van der Waals surface area contributed by atoms with E-state index >= 15 is 0 Å². The second-order valence-corrected chi connectivity index (χ2v) is 12.1. The Morgan fingerprint density at radius 2 is 1.92 bits per heavy atom. The summed E-state index contributed by atoms with van der Waals surface area (Å²) in [4.78, 5) is 24.4. The molecule has 1 aliphatic carbocycles. The summed E-state index contributed by atoms with van der Waals surface area (Å²) < 4.78 is 11.5. The highest BCUT2D eigenvalue weighted by molar-refractivity contribution is 6.70. The first-order valence-corrected chi connectivity index (χ1v) is 11.9. The molecular formula is C19H28O4Si. The highest BCUT2D eigenvalue weighted by atomic mass is 28.4. The third kappa shape index (κ3) is 4.77. The van der Waals surface area contributed by atoms with Gasteiger partial charge in [-0.2, -0.15) is 0 Å². The van der Waals surface area contributed by atoms with Gasteiger partial charge < -0.3 is 9.16 Å². The summed E-state index contributed by atoms with van der Waals surface area (Å²) in [5.74, 6) is 0.715. The van der Waals surface area contributed by atoms with E-state index in [1.807, 2.05) is 31.2 Å². The van der Waals surface area contributed by atoms with Crippen LogP contribution in [0.15, 0.2) is 24.3 Å². The third-order valence-electron chi connectivity index (χ3n) is 4.56. The Balaban J connectivity index is 2.36. The van der Waals surface area contributed by atoms with Gasteiger partial charge in [-0.05, 0) is 49.2 Å². The molecule has 24 heavy (non-hydrogen) atoms. The maximum absolute atomic E-state index is 12.2. The molecule has 0 heterocycles. The Morgan fingerprint density at radius 3 is 2.54 bits per heavy atom. The Bertz CT molecular complexity index is 606. The second-order valence-electron chi connectivity index (χ2n) is 7.69. The molecular weight excluding hydrogens is 320 g/mol. The largest absolute Gasteiger partial charge is 0.544 e. The lowest BCUT2D eigenvalue weighted by molar-refractivity contribution is -0.128. The van der Waals surface area contributed by atoms with Crippen molar-refractivity contribution >= 4 is 19.9 Å². The molecule has 3 atom stereocenters. The number of methoxy groups -OCH3 is 1. The van der Waals surface area contributed by atoms with E-state index in [0.29, 0.717) is 13.0 Å². The van der Waals surface area contributed by atoms with Gasteiger partial charge in [0.1, 0.15) is 17.3 Å². The second kappa shape index (κ2) is 7.62. The Kier molecular flexibility index (Phi) is 5.99. The normalized spacial score (nSPS) is 25.5. The molecule has 1 saturated carbocycles. The number of hydrogen-bond donors (Lipinski definition) is 0. The van der Waals surface area contributed by atoms with Crippen molar-refractivity contribution in [2.75, 3.05) is 13.7 Å². The van der Waals surface area contributed by atoms with Crippen LogP contribution in [0.3, 0.4) is 0 Å². The van der Waals surface area contributed by atoms with Gasteiger partial charge >= 0.3 is 0 Å². The van der Waals surface area contributed by atoms with Gasteiger partial charge in [-0.3, -0.25) is 9.59 Å².